The quantitative estimate of drug-likeness (QED) is 0.363. The van der Waals surface area contributed by atoms with Crippen molar-refractivity contribution in [3.05, 3.63) is 72.4 Å². The highest BCUT2D eigenvalue weighted by molar-refractivity contribution is 5.55. The zero-order valence-electron chi connectivity index (χ0n) is 20.1. The molecular weight excluding hydrogens is 444 g/mol. The van der Waals surface area contributed by atoms with Crippen LogP contribution in [0.25, 0.3) is 22.9 Å². The van der Waals surface area contributed by atoms with Crippen molar-refractivity contribution >= 4 is 0 Å². The first-order chi connectivity index (χ1) is 17.2. The predicted octanol–water partition coefficient (Wildman–Crippen LogP) is 4.72. The van der Waals surface area contributed by atoms with Gasteiger partial charge < -0.3 is 18.3 Å². The molecule has 1 fully saturated rings. The SMILES string of the molecule is COc1ccc(-c2nc(CN3CCCN(Cc4coc(-c5ccc(OC)cc5)n4)CC3)co2)cc1. The van der Waals surface area contributed by atoms with Gasteiger partial charge in [-0.1, -0.05) is 0 Å². The van der Waals surface area contributed by atoms with Gasteiger partial charge >= 0.3 is 0 Å². The molecule has 0 saturated carbocycles. The number of hydrogen-bond donors (Lipinski definition) is 0. The topological polar surface area (TPSA) is 77.0 Å². The van der Waals surface area contributed by atoms with Crippen molar-refractivity contribution in [2.75, 3.05) is 40.4 Å². The average molecular weight is 475 g/mol. The van der Waals surface area contributed by atoms with E-state index in [2.05, 4.69) is 9.80 Å². The van der Waals surface area contributed by atoms with E-state index in [1.54, 1.807) is 26.7 Å². The Morgan fingerprint density at radius 2 is 1.09 bits per heavy atom. The molecule has 0 bridgehead atoms. The second-order valence-electron chi connectivity index (χ2n) is 8.65. The van der Waals surface area contributed by atoms with E-state index >= 15 is 0 Å². The Morgan fingerprint density at radius 1 is 0.657 bits per heavy atom. The number of benzene rings is 2. The normalized spacial score (nSPS) is 15.1. The van der Waals surface area contributed by atoms with Gasteiger partial charge in [0.25, 0.3) is 0 Å². The molecule has 1 aliphatic rings. The minimum absolute atomic E-state index is 0.637. The summed E-state index contributed by atoms with van der Waals surface area (Å²) in [6.07, 6.45) is 4.61. The van der Waals surface area contributed by atoms with Crippen LogP contribution in [0, 0.1) is 0 Å². The number of methoxy groups -OCH3 is 2. The fourth-order valence-electron chi connectivity index (χ4n) is 4.29. The summed E-state index contributed by atoms with van der Waals surface area (Å²) in [7, 11) is 3.32. The molecule has 0 aliphatic carbocycles. The van der Waals surface area contributed by atoms with Crippen molar-refractivity contribution in [1.82, 2.24) is 19.8 Å². The highest BCUT2D eigenvalue weighted by Gasteiger charge is 2.18. The smallest absolute Gasteiger partial charge is 0.226 e. The number of hydrogen-bond acceptors (Lipinski definition) is 8. The van der Waals surface area contributed by atoms with Gasteiger partial charge in [0.2, 0.25) is 11.8 Å². The van der Waals surface area contributed by atoms with Gasteiger partial charge in [-0.3, -0.25) is 9.80 Å². The lowest BCUT2D eigenvalue weighted by Gasteiger charge is -2.20. The largest absolute Gasteiger partial charge is 0.497 e. The van der Waals surface area contributed by atoms with Crippen LogP contribution < -0.4 is 9.47 Å². The number of oxazole rings is 2. The third-order valence-electron chi connectivity index (χ3n) is 6.23. The molecule has 5 rings (SSSR count). The lowest BCUT2D eigenvalue weighted by Crippen LogP contribution is -2.30. The minimum Gasteiger partial charge on any atom is -0.497 e. The van der Waals surface area contributed by atoms with Gasteiger partial charge in [0, 0.05) is 37.3 Å². The fraction of sp³-hybridized carbons (Fsp3) is 0.333. The molecule has 1 saturated heterocycles. The van der Waals surface area contributed by atoms with Gasteiger partial charge in [-0.25, -0.2) is 9.97 Å². The Labute approximate surface area is 205 Å². The van der Waals surface area contributed by atoms with Crippen molar-refractivity contribution in [2.24, 2.45) is 0 Å². The summed E-state index contributed by atoms with van der Waals surface area (Å²) in [5.74, 6) is 2.91. The average Bonchev–Trinajstić information content (AvgIpc) is 3.51. The van der Waals surface area contributed by atoms with E-state index in [4.69, 9.17) is 28.3 Å². The monoisotopic (exact) mass is 474 g/mol. The molecule has 0 amide bonds. The van der Waals surface area contributed by atoms with E-state index in [1.807, 2.05) is 48.5 Å². The highest BCUT2D eigenvalue weighted by atomic mass is 16.5. The van der Waals surface area contributed by atoms with Crippen LogP contribution in [-0.2, 0) is 13.1 Å². The molecule has 0 radical (unpaired) electrons. The van der Waals surface area contributed by atoms with E-state index in [-0.39, 0.29) is 0 Å². The molecule has 4 aromatic rings. The van der Waals surface area contributed by atoms with Gasteiger partial charge in [-0.15, -0.1) is 0 Å². The molecule has 182 valence electrons. The zero-order chi connectivity index (χ0) is 24.0. The maximum atomic E-state index is 5.73. The Hall–Kier alpha value is -3.62. The summed E-state index contributed by atoms with van der Waals surface area (Å²) in [6, 6.07) is 15.5. The van der Waals surface area contributed by atoms with E-state index in [1.165, 1.54) is 0 Å². The second-order valence-corrected chi connectivity index (χ2v) is 8.65. The van der Waals surface area contributed by atoms with Gasteiger partial charge in [-0.2, -0.15) is 0 Å². The van der Waals surface area contributed by atoms with Gasteiger partial charge in [0.15, 0.2) is 0 Å². The number of rotatable bonds is 8. The molecule has 35 heavy (non-hydrogen) atoms. The Bertz CT molecular complexity index is 1120. The number of aromatic nitrogens is 2. The summed E-state index contributed by atoms with van der Waals surface area (Å²) in [6.45, 7) is 5.54. The first-order valence-corrected chi connectivity index (χ1v) is 11.8. The Kier molecular flexibility index (Phi) is 7.11. The predicted molar refractivity (Wildman–Crippen MR) is 132 cm³/mol. The van der Waals surface area contributed by atoms with E-state index in [0.29, 0.717) is 11.8 Å². The highest BCUT2D eigenvalue weighted by Crippen LogP contribution is 2.24. The van der Waals surface area contributed by atoms with Crippen LogP contribution in [-0.4, -0.2) is 60.2 Å². The standard InChI is InChI=1S/C27H30N4O4/c1-32-24-8-4-20(5-9-24)26-28-22(18-34-26)16-30-12-3-13-31(15-14-30)17-23-19-35-27(29-23)21-6-10-25(33-2)11-7-21/h4-11,18-19H,3,12-17H2,1-2H3. The molecule has 0 atom stereocenters. The first kappa shape index (κ1) is 23.1. The van der Waals surface area contributed by atoms with Crippen LogP contribution in [0.15, 0.2) is 69.9 Å². The van der Waals surface area contributed by atoms with Gasteiger partial charge in [0.05, 0.1) is 25.6 Å². The fourth-order valence-corrected chi connectivity index (χ4v) is 4.29. The molecule has 2 aromatic carbocycles. The summed E-state index contributed by atoms with van der Waals surface area (Å²) in [4.78, 5) is 14.3. The summed E-state index contributed by atoms with van der Waals surface area (Å²) >= 11 is 0. The second kappa shape index (κ2) is 10.8. The molecule has 2 aromatic heterocycles. The van der Waals surface area contributed by atoms with E-state index in [9.17, 15) is 0 Å². The van der Waals surface area contributed by atoms with Gasteiger partial charge in [0.1, 0.15) is 24.0 Å². The van der Waals surface area contributed by atoms with E-state index < -0.39 is 0 Å². The molecule has 8 nitrogen and oxygen atoms in total. The van der Waals surface area contributed by atoms with Crippen LogP contribution in [0.4, 0.5) is 0 Å². The molecule has 0 unspecified atom stereocenters. The van der Waals surface area contributed by atoms with Crippen molar-refractivity contribution in [3.8, 4) is 34.4 Å². The summed E-state index contributed by atoms with van der Waals surface area (Å²) in [5, 5.41) is 0. The van der Waals surface area contributed by atoms with Crippen molar-refractivity contribution in [2.45, 2.75) is 19.5 Å². The van der Waals surface area contributed by atoms with Crippen molar-refractivity contribution in [1.29, 1.82) is 0 Å². The third-order valence-corrected chi connectivity index (χ3v) is 6.23. The maximum absolute atomic E-state index is 5.73. The lowest BCUT2D eigenvalue weighted by atomic mass is 10.2. The lowest BCUT2D eigenvalue weighted by molar-refractivity contribution is 0.244. The maximum Gasteiger partial charge on any atom is 0.226 e. The summed E-state index contributed by atoms with van der Waals surface area (Å²) < 4.78 is 21.9. The number of ether oxygens (including phenoxy) is 2. The van der Waals surface area contributed by atoms with Crippen molar-refractivity contribution in [3.63, 3.8) is 0 Å². The molecular formula is C27H30N4O4. The minimum atomic E-state index is 0.637. The Morgan fingerprint density at radius 3 is 1.49 bits per heavy atom. The first-order valence-electron chi connectivity index (χ1n) is 11.8. The van der Waals surface area contributed by atoms with Crippen LogP contribution >= 0.6 is 0 Å². The molecule has 1 aliphatic heterocycles. The van der Waals surface area contributed by atoms with E-state index in [0.717, 1.165) is 79.7 Å². The summed E-state index contributed by atoms with van der Waals surface area (Å²) in [5.41, 5.74) is 3.79. The van der Waals surface area contributed by atoms with Gasteiger partial charge in [-0.05, 0) is 68.0 Å². The van der Waals surface area contributed by atoms with Crippen LogP contribution in [0.5, 0.6) is 11.5 Å². The molecule has 8 heteroatoms. The van der Waals surface area contributed by atoms with Crippen LogP contribution in [0.3, 0.4) is 0 Å². The third kappa shape index (κ3) is 5.72. The Balaban J connectivity index is 1.14. The van der Waals surface area contributed by atoms with Crippen LogP contribution in [0.1, 0.15) is 17.8 Å². The molecule has 0 N–H and O–H groups in total. The van der Waals surface area contributed by atoms with Crippen LogP contribution in [0.2, 0.25) is 0 Å². The number of nitrogens with zero attached hydrogens (tertiary/aromatic N) is 4. The molecule has 3 heterocycles. The molecule has 0 spiro atoms. The zero-order valence-corrected chi connectivity index (χ0v) is 20.1. The van der Waals surface area contributed by atoms with Crippen molar-refractivity contribution < 1.29 is 18.3 Å².